The standard InChI is InChI=1S/C19H23N5O/c1-11(2)15-13-5-3-4-12(13)14-16-17(25-19(14)23-15)18(22-10-21-16)24-8-6-20-7-9-24/h10-11,20H,3-9H2,1-2H3. The van der Waals surface area contributed by atoms with Gasteiger partial charge in [0.1, 0.15) is 11.8 Å². The van der Waals surface area contributed by atoms with Crippen LogP contribution in [0.15, 0.2) is 10.7 Å². The second kappa shape index (κ2) is 5.66. The van der Waals surface area contributed by atoms with Crippen molar-refractivity contribution in [1.82, 2.24) is 20.3 Å². The van der Waals surface area contributed by atoms with E-state index in [4.69, 9.17) is 9.40 Å². The molecule has 1 fully saturated rings. The summed E-state index contributed by atoms with van der Waals surface area (Å²) in [5.74, 6) is 1.31. The van der Waals surface area contributed by atoms with Crippen molar-refractivity contribution in [3.8, 4) is 0 Å². The van der Waals surface area contributed by atoms with Crippen LogP contribution in [0.1, 0.15) is 43.0 Å². The Morgan fingerprint density at radius 2 is 1.92 bits per heavy atom. The number of fused-ring (bicyclic) bond motifs is 5. The van der Waals surface area contributed by atoms with E-state index in [-0.39, 0.29) is 0 Å². The lowest BCUT2D eigenvalue weighted by Gasteiger charge is -2.27. The van der Waals surface area contributed by atoms with Gasteiger partial charge in [0.2, 0.25) is 5.71 Å². The molecule has 0 unspecified atom stereocenters. The second-order valence-corrected chi connectivity index (χ2v) is 7.36. The van der Waals surface area contributed by atoms with Crippen molar-refractivity contribution in [2.75, 3.05) is 31.1 Å². The highest BCUT2D eigenvalue weighted by Crippen LogP contribution is 2.40. The van der Waals surface area contributed by atoms with Crippen molar-refractivity contribution in [3.63, 3.8) is 0 Å². The quantitative estimate of drug-likeness (QED) is 0.776. The summed E-state index contributed by atoms with van der Waals surface area (Å²) in [6.07, 6.45) is 5.08. The number of furan rings is 1. The topological polar surface area (TPSA) is 67.1 Å². The van der Waals surface area contributed by atoms with E-state index in [0.717, 1.165) is 67.0 Å². The average molecular weight is 337 g/mol. The molecule has 1 aliphatic heterocycles. The largest absolute Gasteiger partial charge is 0.432 e. The highest BCUT2D eigenvalue weighted by atomic mass is 16.3. The highest BCUT2D eigenvalue weighted by Gasteiger charge is 2.27. The van der Waals surface area contributed by atoms with E-state index in [0.29, 0.717) is 5.92 Å². The normalized spacial score (nSPS) is 17.8. The van der Waals surface area contributed by atoms with E-state index in [1.54, 1.807) is 6.33 Å². The van der Waals surface area contributed by atoms with Gasteiger partial charge in [0.15, 0.2) is 11.4 Å². The third kappa shape index (κ3) is 2.24. The summed E-state index contributed by atoms with van der Waals surface area (Å²) in [6, 6.07) is 0. The molecule has 0 saturated carbocycles. The van der Waals surface area contributed by atoms with Crippen LogP contribution >= 0.6 is 0 Å². The van der Waals surface area contributed by atoms with E-state index < -0.39 is 0 Å². The van der Waals surface area contributed by atoms with Gasteiger partial charge < -0.3 is 14.6 Å². The number of rotatable bonds is 2. The van der Waals surface area contributed by atoms with Gasteiger partial charge in [-0.2, -0.15) is 0 Å². The van der Waals surface area contributed by atoms with Gasteiger partial charge in [-0.3, -0.25) is 0 Å². The Bertz CT molecular complexity index is 955. The molecular weight excluding hydrogens is 314 g/mol. The summed E-state index contributed by atoms with van der Waals surface area (Å²) in [6.45, 7) is 8.23. The van der Waals surface area contributed by atoms with E-state index in [9.17, 15) is 0 Å². The summed E-state index contributed by atoms with van der Waals surface area (Å²) in [5, 5.41) is 4.50. The zero-order valence-electron chi connectivity index (χ0n) is 14.8. The van der Waals surface area contributed by atoms with Crippen molar-refractivity contribution in [1.29, 1.82) is 0 Å². The molecule has 1 N–H and O–H groups in total. The van der Waals surface area contributed by atoms with Crippen LogP contribution < -0.4 is 10.2 Å². The summed E-state index contributed by atoms with van der Waals surface area (Å²) in [4.78, 5) is 16.3. The number of hydrogen-bond acceptors (Lipinski definition) is 6. The molecule has 0 amide bonds. The minimum absolute atomic E-state index is 0.406. The number of aromatic nitrogens is 3. The first-order valence-electron chi connectivity index (χ1n) is 9.28. The van der Waals surface area contributed by atoms with Crippen molar-refractivity contribution in [2.24, 2.45) is 0 Å². The van der Waals surface area contributed by atoms with Gasteiger partial charge in [-0.1, -0.05) is 13.8 Å². The average Bonchev–Trinajstić information content (AvgIpc) is 3.25. The van der Waals surface area contributed by atoms with Gasteiger partial charge in [-0.05, 0) is 36.3 Å². The molecule has 1 aliphatic carbocycles. The van der Waals surface area contributed by atoms with Gasteiger partial charge in [0.25, 0.3) is 0 Å². The Morgan fingerprint density at radius 3 is 2.72 bits per heavy atom. The maximum atomic E-state index is 6.25. The number of pyridine rings is 1. The third-order valence-corrected chi connectivity index (χ3v) is 5.45. The van der Waals surface area contributed by atoms with Crippen LogP contribution in [0.2, 0.25) is 0 Å². The van der Waals surface area contributed by atoms with E-state index >= 15 is 0 Å². The van der Waals surface area contributed by atoms with Gasteiger partial charge in [-0.15, -0.1) is 0 Å². The molecule has 2 aliphatic rings. The molecule has 0 radical (unpaired) electrons. The van der Waals surface area contributed by atoms with Crippen molar-refractivity contribution < 1.29 is 4.42 Å². The molecule has 0 atom stereocenters. The Balaban J connectivity index is 1.79. The fourth-order valence-electron chi connectivity index (χ4n) is 4.29. The van der Waals surface area contributed by atoms with Gasteiger partial charge >= 0.3 is 0 Å². The van der Waals surface area contributed by atoms with Gasteiger partial charge in [0, 0.05) is 26.2 Å². The SMILES string of the molecule is CC(C)c1nc2oc3c(N4CCNCC4)ncnc3c2c2c1CCC2. The maximum absolute atomic E-state index is 6.25. The van der Waals surface area contributed by atoms with Crippen LogP contribution in [0.25, 0.3) is 22.2 Å². The lowest BCUT2D eigenvalue weighted by Crippen LogP contribution is -2.43. The first kappa shape index (κ1) is 15.1. The first-order valence-corrected chi connectivity index (χ1v) is 9.28. The third-order valence-electron chi connectivity index (χ3n) is 5.45. The monoisotopic (exact) mass is 337 g/mol. The van der Waals surface area contributed by atoms with Crippen LogP contribution in [-0.2, 0) is 12.8 Å². The number of aryl methyl sites for hydroxylation is 1. The van der Waals surface area contributed by atoms with Crippen LogP contribution in [0.4, 0.5) is 5.82 Å². The molecule has 4 heterocycles. The summed E-state index contributed by atoms with van der Waals surface area (Å²) in [7, 11) is 0. The zero-order valence-corrected chi connectivity index (χ0v) is 14.8. The molecule has 25 heavy (non-hydrogen) atoms. The Labute approximate surface area is 146 Å². The van der Waals surface area contributed by atoms with E-state index in [1.807, 2.05) is 0 Å². The summed E-state index contributed by atoms with van der Waals surface area (Å²) < 4.78 is 6.25. The number of anilines is 1. The predicted octanol–water partition coefficient (Wildman–Crippen LogP) is 2.79. The fraction of sp³-hybridized carbons (Fsp3) is 0.526. The molecule has 6 nitrogen and oxygen atoms in total. The van der Waals surface area contributed by atoms with E-state index in [1.165, 1.54) is 23.2 Å². The fourth-order valence-corrected chi connectivity index (χ4v) is 4.29. The van der Waals surface area contributed by atoms with Crippen molar-refractivity contribution in [3.05, 3.63) is 23.1 Å². The molecule has 0 bridgehead atoms. The van der Waals surface area contributed by atoms with Gasteiger partial charge in [-0.25, -0.2) is 15.0 Å². The number of piperazine rings is 1. The van der Waals surface area contributed by atoms with E-state index in [2.05, 4.69) is 34.0 Å². The maximum Gasteiger partial charge on any atom is 0.229 e. The lowest BCUT2D eigenvalue weighted by molar-refractivity contribution is 0.578. The molecule has 3 aromatic rings. The summed E-state index contributed by atoms with van der Waals surface area (Å²) >= 11 is 0. The second-order valence-electron chi connectivity index (χ2n) is 7.36. The Morgan fingerprint density at radius 1 is 1.12 bits per heavy atom. The molecule has 3 aromatic heterocycles. The van der Waals surface area contributed by atoms with Crippen LogP contribution in [-0.4, -0.2) is 41.1 Å². The van der Waals surface area contributed by atoms with Crippen LogP contribution in [0, 0.1) is 0 Å². The predicted molar refractivity (Wildman–Crippen MR) is 98.3 cm³/mol. The zero-order chi connectivity index (χ0) is 17.0. The summed E-state index contributed by atoms with van der Waals surface area (Å²) in [5.41, 5.74) is 6.47. The minimum atomic E-state index is 0.406. The molecular formula is C19H23N5O. The molecule has 0 aromatic carbocycles. The lowest BCUT2D eigenvalue weighted by atomic mass is 9.99. The van der Waals surface area contributed by atoms with Gasteiger partial charge in [0.05, 0.1) is 11.1 Å². The first-order chi connectivity index (χ1) is 12.2. The Hall–Kier alpha value is -2.21. The van der Waals surface area contributed by atoms with Crippen LogP contribution in [0.5, 0.6) is 0 Å². The molecule has 0 spiro atoms. The molecule has 6 heteroatoms. The number of nitrogens with one attached hydrogen (secondary N) is 1. The Kier molecular flexibility index (Phi) is 3.41. The van der Waals surface area contributed by atoms with Crippen LogP contribution in [0.3, 0.4) is 0 Å². The smallest absolute Gasteiger partial charge is 0.229 e. The minimum Gasteiger partial charge on any atom is -0.432 e. The number of hydrogen-bond donors (Lipinski definition) is 1. The van der Waals surface area contributed by atoms with Crippen molar-refractivity contribution >= 4 is 28.0 Å². The number of nitrogens with zero attached hydrogens (tertiary/aromatic N) is 4. The molecule has 1 saturated heterocycles. The molecule has 5 rings (SSSR count). The highest BCUT2D eigenvalue weighted by molar-refractivity contribution is 6.06. The van der Waals surface area contributed by atoms with Crippen molar-refractivity contribution in [2.45, 2.75) is 39.0 Å². The molecule has 130 valence electrons.